The third kappa shape index (κ3) is 1.65. The number of aromatic nitrogens is 2. The van der Waals surface area contributed by atoms with Crippen molar-refractivity contribution < 1.29 is 4.39 Å². The van der Waals surface area contributed by atoms with Gasteiger partial charge >= 0.3 is 4.87 Å². The number of halogens is 1. The van der Waals surface area contributed by atoms with E-state index >= 15 is 0 Å². The van der Waals surface area contributed by atoms with E-state index in [4.69, 9.17) is 0 Å². The average Bonchev–Trinajstić information content (AvgIpc) is 2.52. The van der Waals surface area contributed by atoms with Crippen LogP contribution in [0.15, 0.2) is 28.6 Å². The van der Waals surface area contributed by atoms with E-state index in [1.807, 2.05) is 0 Å². The van der Waals surface area contributed by atoms with Gasteiger partial charge in [-0.2, -0.15) is 0 Å². The first kappa shape index (κ1) is 8.12. The summed E-state index contributed by atoms with van der Waals surface area (Å²) in [4.78, 5) is 16.9. The number of nitrogens with zero attached hydrogens (tertiary/aromatic N) is 1. The summed E-state index contributed by atoms with van der Waals surface area (Å²) in [5, 5.41) is 1.64. The maximum atomic E-state index is 12.7. The SMILES string of the molecule is O=c1[nH]c(-c2cncc(F)c2)cs1. The minimum absolute atomic E-state index is 0.153. The zero-order valence-corrected chi connectivity index (χ0v) is 7.27. The molecule has 0 unspecified atom stereocenters. The number of rotatable bonds is 1. The predicted molar refractivity (Wildman–Crippen MR) is 48.1 cm³/mol. The first-order chi connectivity index (χ1) is 6.25. The smallest absolute Gasteiger partial charge is 0.304 e. The van der Waals surface area contributed by atoms with Crippen LogP contribution in [0.3, 0.4) is 0 Å². The standard InChI is InChI=1S/C8H5FN2OS/c9-6-1-5(2-10-3-6)7-4-13-8(12)11-7/h1-4H,(H,11,12). The molecule has 66 valence electrons. The van der Waals surface area contributed by atoms with Crippen molar-refractivity contribution in [3.63, 3.8) is 0 Å². The third-order valence-electron chi connectivity index (χ3n) is 1.54. The zero-order valence-electron chi connectivity index (χ0n) is 6.45. The molecular formula is C8H5FN2OS. The molecule has 0 aliphatic carbocycles. The van der Waals surface area contributed by atoms with E-state index in [-0.39, 0.29) is 4.87 Å². The van der Waals surface area contributed by atoms with Gasteiger partial charge < -0.3 is 4.98 Å². The fourth-order valence-electron chi connectivity index (χ4n) is 0.981. The molecule has 0 saturated carbocycles. The lowest BCUT2D eigenvalue weighted by Gasteiger charge is -1.94. The van der Waals surface area contributed by atoms with Crippen LogP contribution in [0.25, 0.3) is 11.3 Å². The molecule has 2 rings (SSSR count). The minimum Gasteiger partial charge on any atom is -0.312 e. The van der Waals surface area contributed by atoms with Crippen molar-refractivity contribution in [1.29, 1.82) is 0 Å². The van der Waals surface area contributed by atoms with Crippen LogP contribution in [-0.2, 0) is 0 Å². The largest absolute Gasteiger partial charge is 0.312 e. The maximum absolute atomic E-state index is 12.7. The number of H-pyrrole nitrogens is 1. The normalized spacial score (nSPS) is 10.2. The molecule has 0 aromatic carbocycles. The molecule has 5 heteroatoms. The molecule has 0 amide bonds. The number of thiazole rings is 1. The minimum atomic E-state index is -0.412. The lowest BCUT2D eigenvalue weighted by Crippen LogP contribution is -1.92. The Hall–Kier alpha value is -1.49. The quantitative estimate of drug-likeness (QED) is 0.753. The fourth-order valence-corrected chi connectivity index (χ4v) is 1.57. The van der Waals surface area contributed by atoms with Crippen molar-refractivity contribution in [3.05, 3.63) is 39.3 Å². The van der Waals surface area contributed by atoms with Crippen molar-refractivity contribution in [2.75, 3.05) is 0 Å². The molecule has 1 N–H and O–H groups in total. The van der Waals surface area contributed by atoms with Gasteiger partial charge in [0.1, 0.15) is 5.82 Å². The molecular weight excluding hydrogens is 191 g/mol. The topological polar surface area (TPSA) is 45.8 Å². The molecule has 0 fully saturated rings. The monoisotopic (exact) mass is 196 g/mol. The number of pyridine rings is 1. The lowest BCUT2D eigenvalue weighted by molar-refractivity contribution is 0.622. The lowest BCUT2D eigenvalue weighted by atomic mass is 10.2. The second-order valence-electron chi connectivity index (χ2n) is 2.45. The van der Waals surface area contributed by atoms with Gasteiger partial charge in [-0.15, -0.1) is 0 Å². The Morgan fingerprint density at radius 2 is 2.31 bits per heavy atom. The molecule has 0 atom stereocenters. The van der Waals surface area contributed by atoms with Crippen LogP contribution in [0.1, 0.15) is 0 Å². The van der Waals surface area contributed by atoms with E-state index in [0.717, 1.165) is 17.5 Å². The van der Waals surface area contributed by atoms with E-state index in [2.05, 4.69) is 9.97 Å². The Morgan fingerprint density at radius 3 is 2.92 bits per heavy atom. The van der Waals surface area contributed by atoms with Crippen LogP contribution in [0.4, 0.5) is 4.39 Å². The van der Waals surface area contributed by atoms with E-state index in [0.29, 0.717) is 11.3 Å². The van der Waals surface area contributed by atoms with Crippen molar-refractivity contribution >= 4 is 11.3 Å². The first-order valence-corrected chi connectivity index (χ1v) is 4.42. The summed E-state index contributed by atoms with van der Waals surface area (Å²) in [6.45, 7) is 0. The van der Waals surface area contributed by atoms with E-state index < -0.39 is 5.82 Å². The molecule has 2 aromatic rings. The predicted octanol–water partition coefficient (Wildman–Crippen LogP) is 1.64. The van der Waals surface area contributed by atoms with E-state index in [1.165, 1.54) is 12.3 Å². The molecule has 2 heterocycles. The van der Waals surface area contributed by atoms with Gasteiger partial charge in [0, 0.05) is 17.1 Å². The highest BCUT2D eigenvalue weighted by Gasteiger charge is 2.01. The molecule has 3 nitrogen and oxygen atoms in total. The maximum Gasteiger partial charge on any atom is 0.304 e. The van der Waals surface area contributed by atoms with Crippen LogP contribution in [0.5, 0.6) is 0 Å². The Balaban J connectivity index is 2.52. The second kappa shape index (κ2) is 3.10. The zero-order chi connectivity index (χ0) is 9.26. The second-order valence-corrected chi connectivity index (χ2v) is 3.30. The van der Waals surface area contributed by atoms with Crippen molar-refractivity contribution in [1.82, 2.24) is 9.97 Å². The molecule has 0 saturated heterocycles. The van der Waals surface area contributed by atoms with Crippen molar-refractivity contribution in [2.24, 2.45) is 0 Å². The van der Waals surface area contributed by atoms with Gasteiger partial charge in [-0.3, -0.25) is 9.78 Å². The molecule has 0 spiro atoms. The summed E-state index contributed by atoms with van der Waals surface area (Å²) in [5.74, 6) is -0.412. The summed E-state index contributed by atoms with van der Waals surface area (Å²) in [6.07, 6.45) is 2.62. The Morgan fingerprint density at radius 1 is 1.46 bits per heavy atom. The van der Waals surface area contributed by atoms with Crippen LogP contribution >= 0.6 is 11.3 Å². The fraction of sp³-hybridized carbons (Fsp3) is 0. The molecule has 0 radical (unpaired) electrons. The van der Waals surface area contributed by atoms with Gasteiger partial charge in [0.25, 0.3) is 0 Å². The van der Waals surface area contributed by atoms with Gasteiger partial charge in [0.15, 0.2) is 0 Å². The summed E-state index contributed by atoms with van der Waals surface area (Å²) < 4.78 is 12.7. The van der Waals surface area contributed by atoms with Gasteiger partial charge in [-0.1, -0.05) is 11.3 Å². The van der Waals surface area contributed by atoms with Crippen molar-refractivity contribution in [2.45, 2.75) is 0 Å². The molecule has 13 heavy (non-hydrogen) atoms. The highest BCUT2D eigenvalue weighted by atomic mass is 32.1. The van der Waals surface area contributed by atoms with Gasteiger partial charge in [0.05, 0.1) is 11.9 Å². The Labute approximate surface area is 76.9 Å². The molecule has 0 bridgehead atoms. The number of nitrogens with one attached hydrogen (secondary N) is 1. The molecule has 0 aliphatic rings. The summed E-state index contributed by atoms with van der Waals surface area (Å²) in [6, 6.07) is 1.32. The average molecular weight is 196 g/mol. The van der Waals surface area contributed by atoms with Gasteiger partial charge in [-0.25, -0.2) is 4.39 Å². The number of hydrogen-bond acceptors (Lipinski definition) is 3. The van der Waals surface area contributed by atoms with E-state index in [9.17, 15) is 9.18 Å². The van der Waals surface area contributed by atoms with Crippen LogP contribution in [0, 0.1) is 5.82 Å². The summed E-state index contributed by atoms with van der Waals surface area (Å²) >= 11 is 1.04. The van der Waals surface area contributed by atoms with Crippen LogP contribution in [0.2, 0.25) is 0 Å². The van der Waals surface area contributed by atoms with Crippen molar-refractivity contribution in [3.8, 4) is 11.3 Å². The first-order valence-electron chi connectivity index (χ1n) is 3.54. The molecule has 2 aromatic heterocycles. The third-order valence-corrected chi connectivity index (χ3v) is 2.21. The van der Waals surface area contributed by atoms with Crippen LogP contribution in [-0.4, -0.2) is 9.97 Å². The number of hydrogen-bond donors (Lipinski definition) is 1. The van der Waals surface area contributed by atoms with Gasteiger partial charge in [-0.05, 0) is 6.07 Å². The Bertz CT molecular complexity index is 477. The van der Waals surface area contributed by atoms with E-state index in [1.54, 1.807) is 5.38 Å². The van der Waals surface area contributed by atoms with Crippen LogP contribution < -0.4 is 4.87 Å². The molecule has 0 aliphatic heterocycles. The Kier molecular flexibility index (Phi) is 1.94. The van der Waals surface area contributed by atoms with Gasteiger partial charge in [0.2, 0.25) is 0 Å². The summed E-state index contributed by atoms with van der Waals surface area (Å²) in [5.41, 5.74) is 1.18. The number of aromatic amines is 1. The highest BCUT2D eigenvalue weighted by Crippen LogP contribution is 2.16. The summed E-state index contributed by atoms with van der Waals surface area (Å²) in [7, 11) is 0. The highest BCUT2D eigenvalue weighted by molar-refractivity contribution is 7.07.